The van der Waals surface area contributed by atoms with Gasteiger partial charge >= 0.3 is 0 Å². The van der Waals surface area contributed by atoms with Crippen molar-refractivity contribution in [2.24, 2.45) is 0 Å². The predicted molar refractivity (Wildman–Crippen MR) is 127 cm³/mol. The molecule has 3 aromatic rings. The van der Waals surface area contributed by atoms with E-state index in [9.17, 15) is 14.4 Å². The van der Waals surface area contributed by atoms with Crippen molar-refractivity contribution in [1.29, 1.82) is 0 Å². The first-order valence-electron chi connectivity index (χ1n) is 9.48. The van der Waals surface area contributed by atoms with E-state index in [-0.39, 0.29) is 37.1 Å². The second-order valence-corrected chi connectivity index (χ2v) is 9.09. The van der Waals surface area contributed by atoms with Crippen LogP contribution >= 0.6 is 34.3 Å². The summed E-state index contributed by atoms with van der Waals surface area (Å²) >= 11 is 8.73. The third-order valence-electron chi connectivity index (χ3n) is 4.29. The zero-order valence-corrected chi connectivity index (χ0v) is 19.8. The molecule has 32 heavy (non-hydrogen) atoms. The number of nitrogens with zero attached hydrogens (tertiary/aromatic N) is 2. The number of carbonyl (C=O) groups excluding carboxylic acids is 3. The van der Waals surface area contributed by atoms with Gasteiger partial charge in [-0.15, -0.1) is 22.7 Å². The average molecular weight is 493 g/mol. The van der Waals surface area contributed by atoms with Gasteiger partial charge in [0.15, 0.2) is 5.13 Å². The molecule has 2 N–H and O–H groups in total. The summed E-state index contributed by atoms with van der Waals surface area (Å²) < 4.78 is 5.20. The van der Waals surface area contributed by atoms with E-state index < -0.39 is 0 Å². The molecule has 8 nitrogen and oxygen atoms in total. The number of nitrogens with one attached hydrogen (secondary N) is 2. The first-order valence-corrected chi connectivity index (χ1v) is 11.6. The van der Waals surface area contributed by atoms with Crippen molar-refractivity contribution in [3.05, 3.63) is 56.7 Å². The molecule has 3 rings (SSSR count). The lowest BCUT2D eigenvalue weighted by molar-refractivity contribution is -0.132. The number of thiazole rings is 1. The average Bonchev–Trinajstić information content (AvgIpc) is 3.40. The van der Waals surface area contributed by atoms with Crippen molar-refractivity contribution >= 4 is 62.8 Å². The van der Waals surface area contributed by atoms with Crippen molar-refractivity contribution in [2.75, 3.05) is 31.3 Å². The number of likely N-dealkylation sites (N-methyl/N-ethyl adjacent to an activating group) is 1. The predicted octanol–water partition coefficient (Wildman–Crippen LogP) is 3.69. The molecule has 0 radical (unpaired) electrons. The van der Waals surface area contributed by atoms with E-state index in [2.05, 4.69) is 15.6 Å². The number of halogens is 1. The maximum Gasteiger partial charge on any atom is 0.244 e. The molecular formula is C21H21ClN4O4S2. The number of hydrogen-bond donors (Lipinski definition) is 2. The molecule has 1 aromatic carbocycles. The van der Waals surface area contributed by atoms with Crippen LogP contribution in [-0.4, -0.2) is 48.3 Å². The quantitative estimate of drug-likeness (QED) is 0.474. The normalized spacial score (nSPS) is 10.5. The summed E-state index contributed by atoms with van der Waals surface area (Å²) in [5.74, 6) is -0.362. The van der Waals surface area contributed by atoms with Gasteiger partial charge in [-0.2, -0.15) is 0 Å². The molecule has 0 aliphatic carbocycles. The Labute approximate surface area is 198 Å². The van der Waals surface area contributed by atoms with Gasteiger partial charge in [-0.05, 0) is 29.6 Å². The molecule has 2 aromatic heterocycles. The third-order valence-corrected chi connectivity index (χ3v) is 6.21. The van der Waals surface area contributed by atoms with Gasteiger partial charge in [-0.1, -0.05) is 17.7 Å². The number of hydrogen-bond acceptors (Lipinski definition) is 7. The maximum atomic E-state index is 12.5. The van der Waals surface area contributed by atoms with Crippen LogP contribution in [0.1, 0.15) is 10.6 Å². The Morgan fingerprint density at radius 2 is 1.94 bits per heavy atom. The van der Waals surface area contributed by atoms with Crippen molar-refractivity contribution < 1.29 is 19.1 Å². The fraction of sp³-hybridized carbons (Fsp3) is 0.238. The molecule has 0 saturated carbocycles. The van der Waals surface area contributed by atoms with Crippen molar-refractivity contribution in [3.63, 3.8) is 0 Å². The Balaban J connectivity index is 1.49. The minimum atomic E-state index is -0.388. The third kappa shape index (κ3) is 6.78. The van der Waals surface area contributed by atoms with E-state index in [4.69, 9.17) is 16.3 Å². The number of ether oxygens (including phenoxy) is 1. The summed E-state index contributed by atoms with van der Waals surface area (Å²) in [5.41, 5.74) is 0.948. The molecule has 11 heteroatoms. The van der Waals surface area contributed by atoms with Gasteiger partial charge in [0.05, 0.1) is 37.9 Å². The fourth-order valence-corrected chi connectivity index (χ4v) is 4.34. The number of carbonyl (C=O) groups is 3. The standard InChI is InChI=1S/C21H21ClN4O4S2/c1-26(11-19(28)24-16-8-13(22)5-6-17(16)30-2)20(29)9-14-12-32-21(23-14)25-18(27)10-15-4-3-7-31-15/h3-8,12H,9-11H2,1-2H3,(H,24,28)(H,23,25,27). The smallest absolute Gasteiger partial charge is 0.244 e. The van der Waals surface area contributed by atoms with Crippen LogP contribution in [0.25, 0.3) is 0 Å². The largest absolute Gasteiger partial charge is 0.495 e. The minimum absolute atomic E-state index is 0.0154. The number of benzene rings is 1. The molecule has 168 valence electrons. The highest BCUT2D eigenvalue weighted by atomic mass is 35.5. The topological polar surface area (TPSA) is 101 Å². The molecule has 0 aliphatic heterocycles. The Hall–Kier alpha value is -2.95. The van der Waals surface area contributed by atoms with E-state index in [1.807, 2.05) is 17.5 Å². The number of rotatable bonds is 9. The van der Waals surface area contributed by atoms with E-state index >= 15 is 0 Å². The Bertz CT molecular complexity index is 1100. The van der Waals surface area contributed by atoms with Gasteiger partial charge in [0.1, 0.15) is 5.75 Å². The zero-order valence-electron chi connectivity index (χ0n) is 17.4. The van der Waals surface area contributed by atoms with Crippen molar-refractivity contribution in [3.8, 4) is 5.75 Å². The molecule has 0 unspecified atom stereocenters. The van der Waals surface area contributed by atoms with Crippen LogP contribution in [0.5, 0.6) is 5.75 Å². The first kappa shape index (κ1) is 23.7. The van der Waals surface area contributed by atoms with Crippen LogP contribution in [0, 0.1) is 0 Å². The highest BCUT2D eigenvalue weighted by Crippen LogP contribution is 2.27. The van der Waals surface area contributed by atoms with Crippen molar-refractivity contribution in [2.45, 2.75) is 12.8 Å². The molecule has 0 atom stereocenters. The Kier molecular flexibility index (Phi) is 8.20. The summed E-state index contributed by atoms with van der Waals surface area (Å²) in [4.78, 5) is 43.5. The number of amides is 3. The van der Waals surface area contributed by atoms with E-state index in [0.717, 1.165) is 4.88 Å². The molecule has 0 fully saturated rings. The highest BCUT2D eigenvalue weighted by Gasteiger charge is 2.17. The molecule has 0 saturated heterocycles. The van der Waals surface area contributed by atoms with E-state index in [1.165, 1.54) is 41.7 Å². The molecule has 0 aliphatic rings. The molecular weight excluding hydrogens is 472 g/mol. The Morgan fingerprint density at radius 1 is 1.12 bits per heavy atom. The SMILES string of the molecule is COc1ccc(Cl)cc1NC(=O)CN(C)C(=O)Cc1csc(NC(=O)Cc2cccs2)n1. The van der Waals surface area contributed by atoms with Crippen LogP contribution in [0.2, 0.25) is 5.02 Å². The minimum Gasteiger partial charge on any atom is -0.495 e. The van der Waals surface area contributed by atoms with Gasteiger partial charge in [0.25, 0.3) is 0 Å². The van der Waals surface area contributed by atoms with Gasteiger partial charge in [0.2, 0.25) is 17.7 Å². The van der Waals surface area contributed by atoms with Crippen molar-refractivity contribution in [1.82, 2.24) is 9.88 Å². The second kappa shape index (κ2) is 11.1. The summed E-state index contributed by atoms with van der Waals surface area (Å²) in [6.07, 6.45) is 0.294. The van der Waals surface area contributed by atoms with Gasteiger partial charge < -0.3 is 20.3 Å². The van der Waals surface area contributed by atoms with Gasteiger partial charge in [-0.3, -0.25) is 14.4 Å². The monoisotopic (exact) mass is 492 g/mol. The second-order valence-electron chi connectivity index (χ2n) is 6.77. The molecule has 0 bridgehead atoms. The number of aromatic nitrogens is 1. The molecule has 0 spiro atoms. The van der Waals surface area contributed by atoms with Crippen LogP contribution < -0.4 is 15.4 Å². The number of thiophene rings is 1. The van der Waals surface area contributed by atoms with E-state index in [1.54, 1.807) is 23.6 Å². The summed E-state index contributed by atoms with van der Waals surface area (Å²) in [5, 5.41) is 9.95. The molecule has 3 amide bonds. The highest BCUT2D eigenvalue weighted by molar-refractivity contribution is 7.14. The van der Waals surface area contributed by atoms with E-state index in [0.29, 0.717) is 27.3 Å². The first-order chi connectivity index (χ1) is 15.3. The lowest BCUT2D eigenvalue weighted by Gasteiger charge is -2.17. The summed E-state index contributed by atoms with van der Waals surface area (Å²) in [6.45, 7) is -0.150. The number of methoxy groups -OCH3 is 1. The lowest BCUT2D eigenvalue weighted by atomic mass is 10.2. The lowest BCUT2D eigenvalue weighted by Crippen LogP contribution is -2.35. The Morgan fingerprint density at radius 3 is 2.66 bits per heavy atom. The summed E-state index contributed by atoms with van der Waals surface area (Å²) in [7, 11) is 3.02. The van der Waals surface area contributed by atoms with Crippen LogP contribution in [0.15, 0.2) is 41.1 Å². The fourth-order valence-electron chi connectivity index (χ4n) is 2.74. The zero-order chi connectivity index (χ0) is 23.1. The van der Waals surface area contributed by atoms with Crippen LogP contribution in [0.4, 0.5) is 10.8 Å². The van der Waals surface area contributed by atoms with Gasteiger partial charge in [-0.25, -0.2) is 4.98 Å². The van der Waals surface area contributed by atoms with Crippen LogP contribution in [0.3, 0.4) is 0 Å². The van der Waals surface area contributed by atoms with Gasteiger partial charge in [0, 0.05) is 22.3 Å². The maximum absolute atomic E-state index is 12.5. The number of anilines is 2. The van der Waals surface area contributed by atoms with Crippen LogP contribution in [-0.2, 0) is 27.2 Å². The summed E-state index contributed by atoms with van der Waals surface area (Å²) in [6, 6.07) is 8.65. The molecule has 2 heterocycles.